The van der Waals surface area contributed by atoms with Crippen molar-refractivity contribution in [3.8, 4) is 0 Å². The van der Waals surface area contributed by atoms with Crippen LogP contribution in [0.25, 0.3) is 0 Å². The van der Waals surface area contributed by atoms with Gasteiger partial charge in [0.2, 0.25) is 5.91 Å². The van der Waals surface area contributed by atoms with Crippen LogP contribution in [0.3, 0.4) is 0 Å². The highest BCUT2D eigenvalue weighted by atomic mass is 16.7. The number of nitrogens with one attached hydrogen (secondary N) is 1. The third kappa shape index (κ3) is 5.18. The monoisotopic (exact) mass is 508 g/mol. The molecule has 198 valence electrons. The number of esters is 1. The molecule has 1 amide bonds. The molecule has 5 atom stereocenters. The third-order valence-corrected chi connectivity index (χ3v) is 8.22. The average molecular weight is 508 g/mol. The molecule has 1 aromatic carbocycles. The van der Waals surface area contributed by atoms with E-state index in [9.17, 15) is 9.59 Å². The van der Waals surface area contributed by atoms with E-state index in [0.717, 1.165) is 18.4 Å². The van der Waals surface area contributed by atoms with Crippen LogP contribution in [-0.2, 0) is 31.8 Å². The Morgan fingerprint density at radius 1 is 1.24 bits per heavy atom. The Morgan fingerprint density at radius 2 is 1.97 bits per heavy atom. The van der Waals surface area contributed by atoms with E-state index in [2.05, 4.69) is 36.2 Å². The summed E-state index contributed by atoms with van der Waals surface area (Å²) in [5.74, 6) is -0.246. The summed E-state index contributed by atoms with van der Waals surface area (Å²) >= 11 is 0. The van der Waals surface area contributed by atoms with Gasteiger partial charge in [-0.15, -0.1) is 5.10 Å². The van der Waals surface area contributed by atoms with Crippen molar-refractivity contribution in [2.45, 2.75) is 90.6 Å². The number of carbonyl (C=O) groups is 2. The van der Waals surface area contributed by atoms with E-state index in [4.69, 9.17) is 14.0 Å². The van der Waals surface area contributed by atoms with Crippen molar-refractivity contribution < 1.29 is 23.6 Å². The normalized spacial score (nSPS) is 28.7. The van der Waals surface area contributed by atoms with Crippen molar-refractivity contribution >= 4 is 19.0 Å². The fourth-order valence-corrected chi connectivity index (χ4v) is 6.16. The fraction of sp³-hybridized carbons (Fsp3) is 0.630. The summed E-state index contributed by atoms with van der Waals surface area (Å²) in [6.07, 6.45) is 3.77. The molecule has 0 radical (unpaired) electrons. The van der Waals surface area contributed by atoms with Gasteiger partial charge in [0.1, 0.15) is 11.9 Å². The molecule has 1 N–H and O–H groups in total. The van der Waals surface area contributed by atoms with Gasteiger partial charge < -0.3 is 19.4 Å². The van der Waals surface area contributed by atoms with Crippen molar-refractivity contribution in [1.82, 2.24) is 20.1 Å². The smallest absolute Gasteiger partial charge is 0.454 e. The van der Waals surface area contributed by atoms with Crippen LogP contribution in [0.4, 0.5) is 0 Å². The van der Waals surface area contributed by atoms with Gasteiger partial charge in [0.15, 0.2) is 0 Å². The average Bonchev–Trinajstić information content (AvgIpc) is 3.42. The lowest BCUT2D eigenvalue weighted by molar-refractivity contribution is -0.185. The van der Waals surface area contributed by atoms with E-state index < -0.39 is 24.6 Å². The minimum atomic E-state index is -0.651. The lowest BCUT2D eigenvalue weighted by atomic mass is 9.45. The second kappa shape index (κ2) is 9.24. The van der Waals surface area contributed by atoms with E-state index in [1.54, 1.807) is 20.8 Å². The number of rotatable bonds is 7. The summed E-state index contributed by atoms with van der Waals surface area (Å²) in [5.41, 5.74) is 0.105. The molecule has 3 aliphatic carbocycles. The summed E-state index contributed by atoms with van der Waals surface area (Å²) in [6, 6.07) is 9.60. The van der Waals surface area contributed by atoms with Crippen LogP contribution >= 0.6 is 0 Å². The molecule has 4 fully saturated rings. The van der Waals surface area contributed by atoms with Crippen LogP contribution in [0.2, 0.25) is 0 Å². The van der Waals surface area contributed by atoms with Crippen molar-refractivity contribution in [3.63, 3.8) is 0 Å². The lowest BCUT2D eigenvalue weighted by Crippen LogP contribution is -2.63. The summed E-state index contributed by atoms with van der Waals surface area (Å²) in [4.78, 5) is 29.6. The van der Waals surface area contributed by atoms with Gasteiger partial charge in [0.05, 0.1) is 30.6 Å². The van der Waals surface area contributed by atoms with Crippen LogP contribution in [0.5, 0.6) is 0 Å². The Morgan fingerprint density at radius 3 is 2.65 bits per heavy atom. The van der Waals surface area contributed by atoms with E-state index in [1.807, 2.05) is 30.3 Å². The zero-order chi connectivity index (χ0) is 26.6. The van der Waals surface area contributed by atoms with Crippen LogP contribution in [0, 0.1) is 17.3 Å². The van der Waals surface area contributed by atoms with Crippen molar-refractivity contribution in [1.29, 1.82) is 0 Å². The molecular formula is C27H37BN4O5. The highest BCUT2D eigenvalue weighted by Crippen LogP contribution is 2.64. The van der Waals surface area contributed by atoms with Crippen molar-refractivity contribution in [3.05, 3.63) is 48.0 Å². The fourth-order valence-electron chi connectivity index (χ4n) is 6.16. The zero-order valence-electron chi connectivity index (χ0n) is 22.6. The maximum absolute atomic E-state index is 13.1. The highest BCUT2D eigenvalue weighted by Gasteiger charge is 2.67. The molecule has 2 bridgehead atoms. The highest BCUT2D eigenvalue weighted by molar-refractivity contribution is 6.47. The maximum Gasteiger partial charge on any atom is 0.483 e. The van der Waals surface area contributed by atoms with Gasteiger partial charge in [0.25, 0.3) is 5.82 Å². The largest absolute Gasteiger partial charge is 0.483 e. The molecule has 0 spiro atoms. The first-order valence-corrected chi connectivity index (χ1v) is 13.1. The van der Waals surface area contributed by atoms with Crippen LogP contribution in [-0.4, -0.2) is 57.0 Å². The first-order valence-electron chi connectivity index (χ1n) is 13.1. The second-order valence-electron chi connectivity index (χ2n) is 12.5. The molecule has 4 aliphatic rings. The number of ether oxygens (including phenoxy) is 1. The molecule has 1 aliphatic heterocycles. The Kier molecular flexibility index (Phi) is 6.47. The lowest BCUT2D eigenvalue weighted by Gasteiger charge is -2.63. The number of aromatic nitrogens is 3. The van der Waals surface area contributed by atoms with E-state index in [-0.39, 0.29) is 41.8 Å². The molecule has 10 heteroatoms. The molecule has 2 aromatic rings. The predicted molar refractivity (Wildman–Crippen MR) is 137 cm³/mol. The van der Waals surface area contributed by atoms with Gasteiger partial charge >= 0.3 is 13.1 Å². The van der Waals surface area contributed by atoms with Crippen LogP contribution in [0.1, 0.15) is 70.6 Å². The van der Waals surface area contributed by atoms with Gasteiger partial charge in [-0.25, -0.2) is 9.78 Å². The Hall–Kier alpha value is -2.72. The van der Waals surface area contributed by atoms with Crippen molar-refractivity contribution in [2.75, 3.05) is 0 Å². The van der Waals surface area contributed by atoms with Gasteiger partial charge in [-0.3, -0.25) is 9.48 Å². The van der Waals surface area contributed by atoms with Gasteiger partial charge in [-0.05, 0) is 63.4 Å². The molecule has 1 saturated heterocycles. The standard InChI is InChI=1S/C27H37BN4O5/c1-25(2,3)35-24(34)23-29-16-32(31-23)15-20(30-21(33)12-17-10-8-7-9-11-17)28-36-22-19-13-18(26(19,4)5)14-27(22,6)37-28/h7-11,16,18-20,22H,12-15H2,1-6H3,(H,30,33)/t18-,19+,20-,22?,27+/m1/s1. The third-order valence-electron chi connectivity index (χ3n) is 8.22. The zero-order valence-corrected chi connectivity index (χ0v) is 22.6. The second-order valence-corrected chi connectivity index (χ2v) is 12.5. The molecule has 1 aromatic heterocycles. The molecule has 3 saturated carbocycles. The number of nitrogens with zero attached hydrogens (tertiary/aromatic N) is 3. The quantitative estimate of drug-likeness (QED) is 0.452. The van der Waals surface area contributed by atoms with Gasteiger partial charge in [0, 0.05) is 0 Å². The summed E-state index contributed by atoms with van der Waals surface area (Å²) in [6.45, 7) is 12.4. The molecule has 37 heavy (non-hydrogen) atoms. The molecule has 2 heterocycles. The van der Waals surface area contributed by atoms with Crippen LogP contribution < -0.4 is 5.32 Å². The first-order chi connectivity index (χ1) is 17.3. The van der Waals surface area contributed by atoms with E-state index in [0.29, 0.717) is 11.8 Å². The summed E-state index contributed by atoms with van der Waals surface area (Å²) in [5, 5.41) is 7.43. The van der Waals surface area contributed by atoms with Gasteiger partial charge in [-0.1, -0.05) is 44.2 Å². The molecule has 9 nitrogen and oxygen atoms in total. The number of carbonyl (C=O) groups excluding carboxylic acids is 2. The van der Waals surface area contributed by atoms with Crippen LogP contribution in [0.15, 0.2) is 36.7 Å². The number of hydrogen-bond donors (Lipinski definition) is 1. The minimum absolute atomic E-state index is 0.0271. The maximum atomic E-state index is 13.1. The molecule has 1 unspecified atom stereocenters. The molecular weight excluding hydrogens is 471 g/mol. The Bertz CT molecular complexity index is 1160. The number of benzene rings is 1. The Balaban J connectivity index is 1.34. The van der Waals surface area contributed by atoms with E-state index in [1.165, 1.54) is 11.0 Å². The minimum Gasteiger partial charge on any atom is -0.454 e. The van der Waals surface area contributed by atoms with Gasteiger partial charge in [-0.2, -0.15) is 0 Å². The number of amides is 1. The Labute approximate surface area is 218 Å². The predicted octanol–water partition coefficient (Wildman–Crippen LogP) is 3.23. The SMILES string of the molecule is CC(C)(C)OC(=O)c1ncn(C[C@@H](NC(=O)Cc2ccccc2)B2OC3[C@@H]4C[C@H](C[C@]3(C)O2)C4(C)C)n1. The topological polar surface area (TPSA) is 105 Å². The summed E-state index contributed by atoms with van der Waals surface area (Å²) in [7, 11) is -0.640. The number of hydrogen-bond acceptors (Lipinski definition) is 7. The summed E-state index contributed by atoms with van der Waals surface area (Å²) < 4.78 is 20.1. The van der Waals surface area contributed by atoms with Crippen molar-refractivity contribution in [2.24, 2.45) is 17.3 Å². The molecule has 6 rings (SSSR count). The van der Waals surface area contributed by atoms with E-state index >= 15 is 0 Å². The first kappa shape index (κ1) is 25.9.